The summed E-state index contributed by atoms with van der Waals surface area (Å²) in [5.41, 5.74) is 2.14. The molecule has 2 heterocycles. The molecule has 4 rings (SSSR count). The van der Waals surface area contributed by atoms with Crippen molar-refractivity contribution in [3.05, 3.63) is 82.9 Å². The molecule has 1 N–H and O–H groups in total. The number of aromatic nitrogens is 1. The average molecular weight is 424 g/mol. The highest BCUT2D eigenvalue weighted by atomic mass is 32.1. The van der Waals surface area contributed by atoms with Crippen LogP contribution >= 0.6 is 11.3 Å². The number of hydrogen-bond donors (Lipinski definition) is 1. The van der Waals surface area contributed by atoms with Crippen molar-refractivity contribution in [3.8, 4) is 22.6 Å². The van der Waals surface area contributed by atoms with E-state index in [1.807, 2.05) is 0 Å². The van der Waals surface area contributed by atoms with E-state index in [2.05, 4.69) is 10.3 Å². The van der Waals surface area contributed by atoms with Crippen molar-refractivity contribution in [3.63, 3.8) is 0 Å². The first-order chi connectivity index (χ1) is 14.4. The summed E-state index contributed by atoms with van der Waals surface area (Å²) in [6.45, 7) is 1.49. The van der Waals surface area contributed by atoms with Gasteiger partial charge < -0.3 is 4.42 Å². The van der Waals surface area contributed by atoms with E-state index in [-0.39, 0.29) is 11.5 Å². The number of benzene rings is 2. The molecule has 0 radical (unpaired) electrons. The number of rotatable bonds is 5. The van der Waals surface area contributed by atoms with Gasteiger partial charge in [-0.15, -0.1) is 11.3 Å². The van der Waals surface area contributed by atoms with Gasteiger partial charge in [0.15, 0.2) is 28.3 Å². The molecule has 0 fully saturated rings. The summed E-state index contributed by atoms with van der Waals surface area (Å²) in [7, 11) is 0. The predicted octanol–water partition coefficient (Wildman–Crippen LogP) is 5.80. The number of Topliss-reactive ketones (excluding diaryl/α,β-unsaturated/α-hetero) is 1. The van der Waals surface area contributed by atoms with E-state index in [1.165, 1.54) is 19.1 Å². The third kappa shape index (κ3) is 4.04. The van der Waals surface area contributed by atoms with Crippen molar-refractivity contribution in [2.45, 2.75) is 6.92 Å². The molecule has 4 aromatic rings. The Labute approximate surface area is 174 Å². The molecule has 30 heavy (non-hydrogen) atoms. The Kier molecular flexibility index (Phi) is 5.24. The number of thiazole rings is 1. The zero-order valence-corrected chi connectivity index (χ0v) is 16.4. The smallest absolute Gasteiger partial charge is 0.293 e. The maximum absolute atomic E-state index is 13.4. The standard InChI is InChI=1S/C22H14F2N2O3S/c1-12(27)13-2-4-14(5-3-13)19-8-9-20(29-19)21(28)26-22-25-18(11-30-22)15-6-7-16(23)17(24)10-15/h2-11H,1H3,(H,25,26,28). The summed E-state index contributed by atoms with van der Waals surface area (Å²) in [4.78, 5) is 28.1. The summed E-state index contributed by atoms with van der Waals surface area (Å²) < 4.78 is 32.1. The molecule has 5 nitrogen and oxygen atoms in total. The lowest BCUT2D eigenvalue weighted by Gasteiger charge is -2.01. The lowest BCUT2D eigenvalue weighted by Crippen LogP contribution is -2.10. The Morgan fingerprint density at radius 1 is 0.967 bits per heavy atom. The van der Waals surface area contributed by atoms with E-state index >= 15 is 0 Å². The lowest BCUT2D eigenvalue weighted by molar-refractivity contribution is 0.0994. The van der Waals surface area contributed by atoms with Crippen LogP contribution < -0.4 is 5.32 Å². The van der Waals surface area contributed by atoms with Crippen LogP contribution in [0.15, 0.2) is 64.4 Å². The molecule has 8 heteroatoms. The van der Waals surface area contributed by atoms with Crippen molar-refractivity contribution in [1.82, 2.24) is 4.98 Å². The fourth-order valence-electron chi connectivity index (χ4n) is 2.76. The minimum absolute atomic E-state index is 0.0349. The van der Waals surface area contributed by atoms with Crippen LogP contribution in [0.4, 0.5) is 13.9 Å². The second-order valence-corrected chi connectivity index (χ2v) is 7.28. The molecule has 150 valence electrons. The number of ketones is 1. The summed E-state index contributed by atoms with van der Waals surface area (Å²) in [6.07, 6.45) is 0. The van der Waals surface area contributed by atoms with Crippen LogP contribution in [0, 0.1) is 11.6 Å². The third-order valence-corrected chi connectivity index (χ3v) is 5.10. The molecule has 0 aliphatic rings. The number of carbonyl (C=O) groups excluding carboxylic acids is 2. The zero-order valence-electron chi connectivity index (χ0n) is 15.6. The highest BCUT2D eigenvalue weighted by Crippen LogP contribution is 2.27. The van der Waals surface area contributed by atoms with Gasteiger partial charge in [0.25, 0.3) is 5.91 Å². The number of nitrogens with zero attached hydrogens (tertiary/aromatic N) is 1. The van der Waals surface area contributed by atoms with Gasteiger partial charge in [0.05, 0.1) is 5.69 Å². The van der Waals surface area contributed by atoms with Crippen molar-refractivity contribution in [2.24, 2.45) is 0 Å². The fraction of sp³-hybridized carbons (Fsp3) is 0.0455. The normalized spacial score (nSPS) is 10.8. The number of furan rings is 1. The van der Waals surface area contributed by atoms with Crippen LogP contribution in [0.25, 0.3) is 22.6 Å². The molecule has 0 aliphatic carbocycles. The first-order valence-corrected chi connectivity index (χ1v) is 9.72. The van der Waals surface area contributed by atoms with Gasteiger partial charge in [-0.3, -0.25) is 14.9 Å². The maximum Gasteiger partial charge on any atom is 0.293 e. The zero-order chi connectivity index (χ0) is 21.3. The molecule has 1 amide bonds. The number of amides is 1. The predicted molar refractivity (Wildman–Crippen MR) is 110 cm³/mol. The number of halogens is 2. The largest absolute Gasteiger partial charge is 0.451 e. The second kappa shape index (κ2) is 8.00. The van der Waals surface area contributed by atoms with Gasteiger partial charge in [-0.25, -0.2) is 13.8 Å². The number of hydrogen-bond acceptors (Lipinski definition) is 5. The van der Waals surface area contributed by atoms with Crippen LogP contribution in [0.1, 0.15) is 27.8 Å². The van der Waals surface area contributed by atoms with Gasteiger partial charge in [-0.05, 0) is 37.3 Å². The van der Waals surface area contributed by atoms with Crippen molar-refractivity contribution in [1.29, 1.82) is 0 Å². The SMILES string of the molecule is CC(=O)c1ccc(-c2ccc(C(=O)Nc3nc(-c4ccc(F)c(F)c4)cs3)o2)cc1. The Balaban J connectivity index is 1.48. The van der Waals surface area contributed by atoms with E-state index in [1.54, 1.807) is 35.7 Å². The summed E-state index contributed by atoms with van der Waals surface area (Å²) in [5.74, 6) is -1.86. The van der Waals surface area contributed by atoms with Crippen molar-refractivity contribution < 1.29 is 22.8 Å². The Morgan fingerprint density at radius 3 is 2.40 bits per heavy atom. The third-order valence-electron chi connectivity index (χ3n) is 4.35. The molecule has 2 aromatic heterocycles. The monoisotopic (exact) mass is 424 g/mol. The molecule has 0 unspecified atom stereocenters. The fourth-order valence-corrected chi connectivity index (χ4v) is 3.48. The maximum atomic E-state index is 13.4. The van der Waals surface area contributed by atoms with Gasteiger partial charge in [-0.2, -0.15) is 0 Å². The van der Waals surface area contributed by atoms with Crippen LogP contribution in [-0.4, -0.2) is 16.7 Å². The average Bonchev–Trinajstić information content (AvgIpc) is 3.40. The minimum Gasteiger partial charge on any atom is -0.451 e. The van der Waals surface area contributed by atoms with Gasteiger partial charge >= 0.3 is 0 Å². The number of nitrogens with one attached hydrogen (secondary N) is 1. The summed E-state index contributed by atoms with van der Waals surface area (Å²) in [6, 6.07) is 13.5. The molecule has 0 saturated heterocycles. The van der Waals surface area contributed by atoms with E-state index in [4.69, 9.17) is 4.42 Å². The topological polar surface area (TPSA) is 72.2 Å². The van der Waals surface area contributed by atoms with E-state index < -0.39 is 17.5 Å². The number of carbonyl (C=O) groups is 2. The molecule has 0 bridgehead atoms. The number of anilines is 1. The highest BCUT2D eigenvalue weighted by molar-refractivity contribution is 7.14. The minimum atomic E-state index is -0.967. The molecule has 0 spiro atoms. The summed E-state index contributed by atoms with van der Waals surface area (Å²) in [5, 5.41) is 4.55. The van der Waals surface area contributed by atoms with Crippen LogP contribution in [0.2, 0.25) is 0 Å². The van der Waals surface area contributed by atoms with Gasteiger partial charge in [-0.1, -0.05) is 24.3 Å². The molecule has 0 aliphatic heterocycles. The molecule has 0 atom stereocenters. The van der Waals surface area contributed by atoms with Crippen LogP contribution in [0.5, 0.6) is 0 Å². The Bertz CT molecular complexity index is 1250. The first-order valence-electron chi connectivity index (χ1n) is 8.84. The van der Waals surface area contributed by atoms with Crippen LogP contribution in [-0.2, 0) is 0 Å². The molecule has 2 aromatic carbocycles. The second-order valence-electron chi connectivity index (χ2n) is 6.42. The first kappa shape index (κ1) is 19.7. The highest BCUT2D eigenvalue weighted by Gasteiger charge is 2.15. The molecular weight excluding hydrogens is 410 g/mol. The molecule has 0 saturated carbocycles. The van der Waals surface area contributed by atoms with Gasteiger partial charge in [0.1, 0.15) is 5.76 Å². The molecular formula is C22H14F2N2O3S. The summed E-state index contributed by atoms with van der Waals surface area (Å²) >= 11 is 1.15. The van der Waals surface area contributed by atoms with E-state index in [0.717, 1.165) is 29.0 Å². The van der Waals surface area contributed by atoms with Gasteiger partial charge in [0, 0.05) is 22.1 Å². The van der Waals surface area contributed by atoms with Crippen molar-refractivity contribution in [2.75, 3.05) is 5.32 Å². The Hall–Kier alpha value is -3.65. The van der Waals surface area contributed by atoms with E-state index in [9.17, 15) is 18.4 Å². The van der Waals surface area contributed by atoms with Gasteiger partial charge in [0.2, 0.25) is 0 Å². The van der Waals surface area contributed by atoms with E-state index in [0.29, 0.717) is 27.7 Å². The Morgan fingerprint density at radius 2 is 1.70 bits per heavy atom. The van der Waals surface area contributed by atoms with Crippen LogP contribution in [0.3, 0.4) is 0 Å². The quantitative estimate of drug-likeness (QED) is 0.411. The van der Waals surface area contributed by atoms with Crippen molar-refractivity contribution >= 4 is 28.2 Å². The lowest BCUT2D eigenvalue weighted by atomic mass is 10.1.